The maximum atomic E-state index is 12.7. The number of aromatic nitrogens is 5. The molecule has 4 heterocycles. The molecule has 5 rings (SSSR count). The molecule has 1 aliphatic heterocycles. The number of anilines is 2. The fourth-order valence-corrected chi connectivity index (χ4v) is 4.73. The number of pyridine rings is 2. The van der Waals surface area contributed by atoms with E-state index in [0.29, 0.717) is 13.0 Å². The fourth-order valence-electron chi connectivity index (χ4n) is 3.49. The van der Waals surface area contributed by atoms with Crippen molar-refractivity contribution >= 4 is 32.4 Å². The predicted molar refractivity (Wildman–Crippen MR) is 107 cm³/mol. The summed E-state index contributed by atoms with van der Waals surface area (Å²) in [7, 11) is -3.70. The van der Waals surface area contributed by atoms with E-state index in [0.717, 1.165) is 33.5 Å². The van der Waals surface area contributed by atoms with Crippen molar-refractivity contribution in [1.82, 2.24) is 29.5 Å². The van der Waals surface area contributed by atoms with Gasteiger partial charge in [0.05, 0.1) is 17.4 Å². The zero-order chi connectivity index (χ0) is 19.8. The van der Waals surface area contributed by atoms with Crippen LogP contribution in [0, 0.1) is 0 Å². The van der Waals surface area contributed by atoms with Gasteiger partial charge in [0.2, 0.25) is 0 Å². The summed E-state index contributed by atoms with van der Waals surface area (Å²) >= 11 is 0. The number of sulfonamides is 1. The summed E-state index contributed by atoms with van der Waals surface area (Å²) in [5, 5.41) is 10.3. The molecule has 0 radical (unpaired) electrons. The molecule has 0 aliphatic carbocycles. The smallest absolute Gasteiger partial charge is 0.278 e. The number of nitrogens with one attached hydrogen (secondary N) is 2. The lowest BCUT2D eigenvalue weighted by molar-refractivity contribution is 0.387. The van der Waals surface area contributed by atoms with Crippen LogP contribution in [0.2, 0.25) is 0 Å². The highest BCUT2D eigenvalue weighted by Crippen LogP contribution is 2.29. The number of H-pyrrole nitrogens is 1. The van der Waals surface area contributed by atoms with Crippen LogP contribution >= 0.6 is 0 Å². The average molecular weight is 407 g/mol. The van der Waals surface area contributed by atoms with E-state index in [9.17, 15) is 8.42 Å². The maximum Gasteiger partial charge on any atom is 0.278 e. The number of para-hydroxylation sites is 1. The van der Waals surface area contributed by atoms with E-state index < -0.39 is 10.0 Å². The molecule has 29 heavy (non-hydrogen) atoms. The number of benzene rings is 1. The van der Waals surface area contributed by atoms with Crippen LogP contribution in [0.3, 0.4) is 0 Å². The highest BCUT2D eigenvalue weighted by molar-refractivity contribution is 7.88. The highest BCUT2D eigenvalue weighted by Gasteiger charge is 2.31. The van der Waals surface area contributed by atoms with Gasteiger partial charge in [0, 0.05) is 30.2 Å². The number of hydrogen-bond acceptors (Lipinski definition) is 7. The Morgan fingerprint density at radius 3 is 2.86 bits per heavy atom. The van der Waals surface area contributed by atoms with Gasteiger partial charge in [0.1, 0.15) is 12.1 Å². The SMILES string of the molecule is O=S(=O)(c1ncn[nH]1)N1CCc2c(ccnc2Nc2cnc3ccccc3c2)C1. The zero-order valence-corrected chi connectivity index (χ0v) is 16.1. The molecule has 10 heteroatoms. The van der Waals surface area contributed by atoms with Gasteiger partial charge < -0.3 is 5.32 Å². The van der Waals surface area contributed by atoms with Crippen LogP contribution in [0.1, 0.15) is 11.1 Å². The number of hydrogen-bond donors (Lipinski definition) is 2. The Morgan fingerprint density at radius 2 is 2.00 bits per heavy atom. The summed E-state index contributed by atoms with van der Waals surface area (Å²) < 4.78 is 26.8. The molecule has 0 saturated carbocycles. The summed E-state index contributed by atoms with van der Waals surface area (Å²) in [4.78, 5) is 12.7. The number of nitrogens with zero attached hydrogens (tertiary/aromatic N) is 5. The normalized spacial score (nSPS) is 14.6. The third kappa shape index (κ3) is 3.22. The molecule has 1 aliphatic rings. The topological polar surface area (TPSA) is 117 Å². The summed E-state index contributed by atoms with van der Waals surface area (Å²) in [5.74, 6) is 0.719. The first-order valence-electron chi connectivity index (χ1n) is 9.05. The average Bonchev–Trinajstić information content (AvgIpc) is 3.29. The first-order chi connectivity index (χ1) is 14.1. The van der Waals surface area contributed by atoms with Gasteiger partial charge in [-0.25, -0.2) is 23.5 Å². The van der Waals surface area contributed by atoms with Crippen molar-refractivity contribution in [3.05, 3.63) is 66.2 Å². The number of rotatable bonds is 4. The van der Waals surface area contributed by atoms with E-state index in [1.807, 2.05) is 36.4 Å². The van der Waals surface area contributed by atoms with Gasteiger partial charge in [-0.3, -0.25) is 4.98 Å². The second-order valence-electron chi connectivity index (χ2n) is 6.72. The van der Waals surface area contributed by atoms with Crippen LogP contribution in [0.15, 0.2) is 60.3 Å². The number of fused-ring (bicyclic) bond motifs is 2. The van der Waals surface area contributed by atoms with Gasteiger partial charge in [-0.05, 0) is 30.2 Å². The zero-order valence-electron chi connectivity index (χ0n) is 15.3. The monoisotopic (exact) mass is 407 g/mol. The van der Waals surface area contributed by atoms with Crippen LogP contribution in [0.5, 0.6) is 0 Å². The molecule has 146 valence electrons. The van der Waals surface area contributed by atoms with Crippen molar-refractivity contribution < 1.29 is 8.42 Å². The van der Waals surface area contributed by atoms with Crippen molar-refractivity contribution in [1.29, 1.82) is 0 Å². The summed E-state index contributed by atoms with van der Waals surface area (Å²) in [6.45, 7) is 0.595. The lowest BCUT2D eigenvalue weighted by Gasteiger charge is -2.28. The van der Waals surface area contributed by atoms with Crippen LogP contribution in [-0.2, 0) is 23.0 Å². The van der Waals surface area contributed by atoms with Crippen LogP contribution in [0.25, 0.3) is 10.9 Å². The fraction of sp³-hybridized carbons (Fsp3) is 0.158. The van der Waals surface area contributed by atoms with Gasteiger partial charge in [-0.2, -0.15) is 9.40 Å². The third-order valence-corrected chi connectivity index (χ3v) is 6.62. The third-order valence-electron chi connectivity index (χ3n) is 4.94. The van der Waals surface area contributed by atoms with E-state index in [-0.39, 0.29) is 11.7 Å². The Morgan fingerprint density at radius 1 is 1.10 bits per heavy atom. The molecular formula is C19H17N7O2S. The first kappa shape index (κ1) is 17.7. The molecular weight excluding hydrogens is 390 g/mol. The van der Waals surface area contributed by atoms with Crippen molar-refractivity contribution in [2.75, 3.05) is 11.9 Å². The Balaban J connectivity index is 1.43. The number of aromatic amines is 1. The molecule has 4 aromatic rings. The molecule has 0 atom stereocenters. The molecule has 3 aromatic heterocycles. The van der Waals surface area contributed by atoms with Crippen LogP contribution in [0.4, 0.5) is 11.5 Å². The largest absolute Gasteiger partial charge is 0.339 e. The molecule has 2 N–H and O–H groups in total. The second kappa shape index (κ2) is 6.90. The van der Waals surface area contributed by atoms with Crippen molar-refractivity contribution in [3.63, 3.8) is 0 Å². The van der Waals surface area contributed by atoms with E-state index in [1.54, 1.807) is 12.4 Å². The second-order valence-corrected chi connectivity index (χ2v) is 8.57. The first-order valence-corrected chi connectivity index (χ1v) is 10.5. The predicted octanol–water partition coefficient (Wildman–Crippen LogP) is 2.24. The highest BCUT2D eigenvalue weighted by atomic mass is 32.2. The van der Waals surface area contributed by atoms with Gasteiger partial charge in [-0.1, -0.05) is 18.2 Å². The Kier molecular flexibility index (Phi) is 4.22. The Labute approximate surface area is 166 Å². The van der Waals surface area contributed by atoms with Gasteiger partial charge in [0.25, 0.3) is 15.2 Å². The molecule has 0 amide bonds. The molecule has 1 aromatic carbocycles. The van der Waals surface area contributed by atoms with E-state index in [1.165, 1.54) is 10.6 Å². The molecule has 0 fully saturated rings. The van der Waals surface area contributed by atoms with E-state index in [2.05, 4.69) is 30.5 Å². The van der Waals surface area contributed by atoms with Gasteiger partial charge in [0.15, 0.2) is 0 Å². The molecule has 9 nitrogen and oxygen atoms in total. The maximum absolute atomic E-state index is 12.7. The van der Waals surface area contributed by atoms with Crippen molar-refractivity contribution in [2.45, 2.75) is 18.1 Å². The Hall–Kier alpha value is -3.37. The lowest BCUT2D eigenvalue weighted by atomic mass is 10.0. The lowest BCUT2D eigenvalue weighted by Crippen LogP contribution is -2.36. The molecule has 0 spiro atoms. The minimum absolute atomic E-state index is 0.143. The minimum atomic E-state index is -3.70. The summed E-state index contributed by atoms with van der Waals surface area (Å²) in [5.41, 5.74) is 3.67. The Bertz CT molecular complexity index is 1290. The standard InChI is InChI=1S/C19H17N7O2S/c27-29(28,19-22-12-23-25-19)26-8-6-16-14(11-26)5-7-20-18(16)24-15-9-13-3-1-2-4-17(13)21-10-15/h1-5,7,9-10,12H,6,8,11H2,(H,20,24)(H,22,23,25). The molecule has 0 saturated heterocycles. The minimum Gasteiger partial charge on any atom is -0.339 e. The van der Waals surface area contributed by atoms with Gasteiger partial charge in [-0.15, -0.1) is 0 Å². The van der Waals surface area contributed by atoms with Gasteiger partial charge >= 0.3 is 0 Å². The van der Waals surface area contributed by atoms with E-state index in [4.69, 9.17) is 0 Å². The van der Waals surface area contributed by atoms with E-state index >= 15 is 0 Å². The quantitative estimate of drug-likeness (QED) is 0.533. The van der Waals surface area contributed by atoms with Crippen LogP contribution < -0.4 is 5.32 Å². The molecule has 0 unspecified atom stereocenters. The van der Waals surface area contributed by atoms with Crippen molar-refractivity contribution in [3.8, 4) is 0 Å². The summed E-state index contributed by atoms with van der Waals surface area (Å²) in [6, 6.07) is 11.8. The molecule has 0 bridgehead atoms. The van der Waals surface area contributed by atoms with Crippen molar-refractivity contribution in [2.24, 2.45) is 0 Å². The summed E-state index contributed by atoms with van der Waals surface area (Å²) in [6.07, 6.45) is 5.18. The van der Waals surface area contributed by atoms with Crippen LogP contribution in [-0.4, -0.2) is 44.4 Å².